The van der Waals surface area contributed by atoms with Gasteiger partial charge in [-0.05, 0) is 44.5 Å². The highest BCUT2D eigenvalue weighted by Gasteiger charge is 2.15. The molecule has 2 aromatic rings. The second kappa shape index (κ2) is 9.88. The number of benzene rings is 2. The molecule has 2 rings (SSSR count). The fourth-order valence-electron chi connectivity index (χ4n) is 2.56. The molecule has 0 heterocycles. The van der Waals surface area contributed by atoms with Crippen LogP contribution in [0.15, 0.2) is 53.0 Å². The molecule has 146 valence electrons. The Kier molecular flexibility index (Phi) is 7.83. The normalized spacial score (nSPS) is 12.5. The molecule has 27 heavy (non-hydrogen) atoms. The minimum atomic E-state index is -0.583. The van der Waals surface area contributed by atoms with E-state index in [0.29, 0.717) is 18.8 Å². The van der Waals surface area contributed by atoms with Gasteiger partial charge in [0.25, 0.3) is 5.91 Å². The number of aliphatic hydroxyl groups is 1. The van der Waals surface area contributed by atoms with Crippen LogP contribution in [-0.4, -0.2) is 29.7 Å². The summed E-state index contributed by atoms with van der Waals surface area (Å²) in [7, 11) is 0. The summed E-state index contributed by atoms with van der Waals surface area (Å²) >= 11 is 3.46. The number of carbonyl (C=O) groups excluding carboxylic acids is 1. The molecule has 0 spiro atoms. The van der Waals surface area contributed by atoms with Gasteiger partial charge in [-0.3, -0.25) is 4.79 Å². The molecule has 0 aliphatic heterocycles. The van der Waals surface area contributed by atoms with E-state index in [1.807, 2.05) is 69.3 Å². The molecule has 6 heteroatoms. The van der Waals surface area contributed by atoms with E-state index in [1.54, 1.807) is 0 Å². The summed E-state index contributed by atoms with van der Waals surface area (Å²) in [5.74, 6) is 0.479. The van der Waals surface area contributed by atoms with Crippen LogP contribution in [-0.2, 0) is 11.3 Å². The third-order valence-electron chi connectivity index (χ3n) is 3.73. The molecule has 0 aromatic heterocycles. The van der Waals surface area contributed by atoms with Gasteiger partial charge >= 0.3 is 0 Å². The number of amides is 1. The van der Waals surface area contributed by atoms with Gasteiger partial charge in [-0.25, -0.2) is 0 Å². The Morgan fingerprint density at radius 3 is 2.56 bits per heavy atom. The minimum absolute atomic E-state index is 0.0431. The highest BCUT2D eigenvalue weighted by atomic mass is 79.9. The van der Waals surface area contributed by atoms with Crippen molar-refractivity contribution < 1.29 is 14.6 Å². The Hall–Kier alpha value is -1.89. The van der Waals surface area contributed by atoms with Gasteiger partial charge in [0.05, 0.1) is 6.10 Å². The third-order valence-corrected chi connectivity index (χ3v) is 4.23. The van der Waals surface area contributed by atoms with Crippen LogP contribution < -0.4 is 15.4 Å². The summed E-state index contributed by atoms with van der Waals surface area (Å²) in [5.41, 5.74) is 1.49. The van der Waals surface area contributed by atoms with Gasteiger partial charge in [0, 0.05) is 28.7 Å². The number of hydrogen-bond acceptors (Lipinski definition) is 4. The van der Waals surface area contributed by atoms with Gasteiger partial charge in [-0.2, -0.15) is 0 Å². The van der Waals surface area contributed by atoms with E-state index in [4.69, 9.17) is 4.74 Å². The molecule has 0 saturated heterocycles. The summed E-state index contributed by atoms with van der Waals surface area (Å²) < 4.78 is 6.63. The van der Waals surface area contributed by atoms with E-state index in [-0.39, 0.29) is 18.1 Å². The first kappa shape index (κ1) is 21.4. The standard InChI is InChI=1S/C21H27BrN2O3/c1-21(2,3)24-20(26)14-27-19-10-9-17(22)11-16(19)12-23-13-18(25)15-7-5-4-6-8-15/h4-11,18,23,25H,12-14H2,1-3H3,(H,24,26). The molecular weight excluding hydrogens is 408 g/mol. The Bertz CT molecular complexity index is 745. The van der Waals surface area contributed by atoms with Gasteiger partial charge in [0.15, 0.2) is 6.61 Å². The molecule has 0 aliphatic carbocycles. The van der Waals surface area contributed by atoms with Crippen LogP contribution in [0.5, 0.6) is 5.75 Å². The number of nitrogens with one attached hydrogen (secondary N) is 2. The summed E-state index contributed by atoms with van der Waals surface area (Å²) in [6.45, 7) is 6.67. The second-order valence-corrected chi connectivity index (χ2v) is 8.31. The van der Waals surface area contributed by atoms with Gasteiger partial charge in [0.2, 0.25) is 0 Å². The molecule has 0 fully saturated rings. The second-order valence-electron chi connectivity index (χ2n) is 7.40. The van der Waals surface area contributed by atoms with E-state index >= 15 is 0 Å². The molecule has 1 amide bonds. The first-order valence-electron chi connectivity index (χ1n) is 8.90. The number of rotatable bonds is 8. The van der Waals surface area contributed by atoms with Crippen molar-refractivity contribution in [2.75, 3.05) is 13.2 Å². The van der Waals surface area contributed by atoms with E-state index in [9.17, 15) is 9.90 Å². The van der Waals surface area contributed by atoms with Crippen LogP contribution >= 0.6 is 15.9 Å². The topological polar surface area (TPSA) is 70.6 Å². The van der Waals surface area contributed by atoms with Crippen molar-refractivity contribution in [2.45, 2.75) is 39.0 Å². The van der Waals surface area contributed by atoms with Crippen molar-refractivity contribution in [1.82, 2.24) is 10.6 Å². The van der Waals surface area contributed by atoms with Crippen LogP contribution in [0.3, 0.4) is 0 Å². The third kappa shape index (κ3) is 7.71. The van der Waals surface area contributed by atoms with E-state index < -0.39 is 6.10 Å². The predicted molar refractivity (Wildman–Crippen MR) is 111 cm³/mol. The quantitative estimate of drug-likeness (QED) is 0.593. The average Bonchev–Trinajstić information content (AvgIpc) is 2.60. The molecule has 2 aromatic carbocycles. The Labute approximate surface area is 169 Å². The molecule has 5 nitrogen and oxygen atoms in total. The van der Waals surface area contributed by atoms with Crippen molar-refractivity contribution in [3.8, 4) is 5.75 Å². The number of ether oxygens (including phenoxy) is 1. The Morgan fingerprint density at radius 2 is 1.89 bits per heavy atom. The predicted octanol–water partition coefficient (Wildman–Crippen LogP) is 3.57. The molecule has 0 bridgehead atoms. The maximum Gasteiger partial charge on any atom is 0.258 e. The van der Waals surface area contributed by atoms with Crippen LogP contribution in [0.25, 0.3) is 0 Å². The van der Waals surface area contributed by atoms with Crippen LogP contribution in [0.4, 0.5) is 0 Å². The lowest BCUT2D eigenvalue weighted by Crippen LogP contribution is -2.43. The van der Waals surface area contributed by atoms with E-state index in [0.717, 1.165) is 15.6 Å². The Morgan fingerprint density at radius 1 is 1.19 bits per heavy atom. The first-order valence-corrected chi connectivity index (χ1v) is 9.70. The van der Waals surface area contributed by atoms with E-state index in [2.05, 4.69) is 26.6 Å². The fourth-order valence-corrected chi connectivity index (χ4v) is 2.97. The zero-order valence-electron chi connectivity index (χ0n) is 16.0. The van der Waals surface area contributed by atoms with Gasteiger partial charge in [0.1, 0.15) is 5.75 Å². The molecular formula is C21H27BrN2O3. The Balaban J connectivity index is 1.92. The van der Waals surface area contributed by atoms with E-state index in [1.165, 1.54) is 0 Å². The molecule has 3 N–H and O–H groups in total. The smallest absolute Gasteiger partial charge is 0.258 e. The maximum absolute atomic E-state index is 12.0. The lowest BCUT2D eigenvalue weighted by Gasteiger charge is -2.21. The molecule has 0 radical (unpaired) electrons. The number of halogens is 1. The van der Waals surface area contributed by atoms with Crippen molar-refractivity contribution in [3.05, 3.63) is 64.1 Å². The maximum atomic E-state index is 12.0. The lowest BCUT2D eigenvalue weighted by molar-refractivity contribution is -0.124. The average molecular weight is 435 g/mol. The zero-order chi connectivity index (χ0) is 19.9. The summed E-state index contributed by atoms with van der Waals surface area (Å²) in [5, 5.41) is 16.4. The van der Waals surface area contributed by atoms with Crippen molar-refractivity contribution in [1.29, 1.82) is 0 Å². The molecule has 0 aliphatic rings. The van der Waals surface area contributed by atoms with Crippen LogP contribution in [0, 0.1) is 0 Å². The monoisotopic (exact) mass is 434 g/mol. The zero-order valence-corrected chi connectivity index (χ0v) is 17.5. The number of carbonyl (C=O) groups is 1. The van der Waals surface area contributed by atoms with Crippen LogP contribution in [0.2, 0.25) is 0 Å². The van der Waals surface area contributed by atoms with Crippen molar-refractivity contribution in [2.24, 2.45) is 0 Å². The minimum Gasteiger partial charge on any atom is -0.483 e. The van der Waals surface area contributed by atoms with Crippen molar-refractivity contribution in [3.63, 3.8) is 0 Å². The lowest BCUT2D eigenvalue weighted by atomic mass is 10.1. The summed E-state index contributed by atoms with van der Waals surface area (Å²) in [4.78, 5) is 12.0. The van der Waals surface area contributed by atoms with Crippen molar-refractivity contribution >= 4 is 21.8 Å². The highest BCUT2D eigenvalue weighted by molar-refractivity contribution is 9.10. The number of aliphatic hydroxyl groups excluding tert-OH is 1. The SMILES string of the molecule is CC(C)(C)NC(=O)COc1ccc(Br)cc1CNCC(O)c1ccccc1. The highest BCUT2D eigenvalue weighted by Crippen LogP contribution is 2.23. The first-order chi connectivity index (χ1) is 12.7. The molecule has 0 saturated carbocycles. The van der Waals surface area contributed by atoms with Gasteiger partial charge in [-0.1, -0.05) is 46.3 Å². The van der Waals surface area contributed by atoms with Gasteiger partial charge in [-0.15, -0.1) is 0 Å². The van der Waals surface area contributed by atoms with Gasteiger partial charge < -0.3 is 20.5 Å². The van der Waals surface area contributed by atoms with Crippen LogP contribution in [0.1, 0.15) is 38.0 Å². The molecule has 1 unspecified atom stereocenters. The number of hydrogen-bond donors (Lipinski definition) is 3. The summed E-state index contributed by atoms with van der Waals surface area (Å²) in [6, 6.07) is 15.2. The largest absolute Gasteiger partial charge is 0.483 e. The fraction of sp³-hybridized carbons (Fsp3) is 0.381. The molecule has 1 atom stereocenters. The summed E-state index contributed by atoms with van der Waals surface area (Å²) in [6.07, 6.45) is -0.583.